The van der Waals surface area contributed by atoms with Crippen molar-refractivity contribution in [2.45, 2.75) is 13.8 Å². The van der Waals surface area contributed by atoms with Gasteiger partial charge < -0.3 is 14.8 Å². The van der Waals surface area contributed by atoms with Crippen molar-refractivity contribution in [1.29, 1.82) is 0 Å². The Morgan fingerprint density at radius 3 is 2.42 bits per heavy atom. The molecule has 0 unspecified atom stereocenters. The van der Waals surface area contributed by atoms with E-state index >= 15 is 0 Å². The summed E-state index contributed by atoms with van der Waals surface area (Å²) in [5, 5.41) is 7.32. The number of hydrazone groups is 1. The van der Waals surface area contributed by atoms with Crippen LogP contribution >= 0.6 is 11.6 Å². The third kappa shape index (κ3) is 6.82. The number of methoxy groups -OCH3 is 1. The van der Waals surface area contributed by atoms with Gasteiger partial charge in [-0.15, -0.1) is 0 Å². The average molecular weight is 466 g/mol. The monoisotopic (exact) mass is 465 g/mol. The zero-order chi connectivity index (χ0) is 23.8. The van der Waals surface area contributed by atoms with Crippen LogP contribution in [-0.2, 0) is 4.79 Å². The number of amides is 2. The second-order valence-electron chi connectivity index (χ2n) is 7.25. The molecule has 0 aliphatic carbocycles. The second kappa shape index (κ2) is 11.2. The van der Waals surface area contributed by atoms with Crippen molar-refractivity contribution in [2.24, 2.45) is 5.10 Å². The first-order valence-corrected chi connectivity index (χ1v) is 10.5. The van der Waals surface area contributed by atoms with E-state index in [1.54, 1.807) is 42.5 Å². The molecule has 2 amide bonds. The number of rotatable bonds is 8. The highest BCUT2D eigenvalue weighted by molar-refractivity contribution is 6.30. The zero-order valence-corrected chi connectivity index (χ0v) is 19.3. The molecule has 0 aliphatic heterocycles. The van der Waals surface area contributed by atoms with Crippen molar-refractivity contribution in [2.75, 3.05) is 19.0 Å². The fraction of sp³-hybridized carbons (Fsp3) is 0.160. The lowest BCUT2D eigenvalue weighted by Gasteiger charge is -2.12. The number of hydrogen-bond donors (Lipinski definition) is 2. The third-order valence-electron chi connectivity index (χ3n) is 4.82. The van der Waals surface area contributed by atoms with Gasteiger partial charge in [0.05, 0.1) is 13.3 Å². The highest BCUT2D eigenvalue weighted by Gasteiger charge is 2.09. The van der Waals surface area contributed by atoms with E-state index in [9.17, 15) is 9.59 Å². The minimum Gasteiger partial charge on any atom is -0.493 e. The smallest absolute Gasteiger partial charge is 0.271 e. The van der Waals surface area contributed by atoms with Crippen LogP contribution in [0.4, 0.5) is 5.69 Å². The number of nitrogens with zero attached hydrogens (tertiary/aromatic N) is 1. The van der Waals surface area contributed by atoms with E-state index in [2.05, 4.69) is 15.8 Å². The molecule has 3 rings (SSSR count). The van der Waals surface area contributed by atoms with E-state index < -0.39 is 0 Å². The Morgan fingerprint density at radius 2 is 1.73 bits per heavy atom. The van der Waals surface area contributed by atoms with Gasteiger partial charge in [-0.3, -0.25) is 9.59 Å². The van der Waals surface area contributed by atoms with Gasteiger partial charge in [0.1, 0.15) is 0 Å². The van der Waals surface area contributed by atoms with Gasteiger partial charge in [-0.2, -0.15) is 5.10 Å². The normalized spacial score (nSPS) is 10.7. The molecule has 0 radical (unpaired) electrons. The minimum absolute atomic E-state index is 0.173. The number of anilines is 1. The standard InChI is InChI=1S/C25H24ClN3O4/c1-16-4-10-21(12-17(16)2)28-24(30)15-33-22-11-5-18(13-23(22)32-3)14-27-29-25(31)19-6-8-20(26)9-7-19/h4-14H,15H2,1-3H3,(H,28,30)(H,29,31)/b27-14+. The van der Waals surface area contributed by atoms with Crippen LogP contribution in [-0.4, -0.2) is 31.7 Å². The van der Waals surface area contributed by atoms with E-state index in [0.717, 1.165) is 11.1 Å². The van der Waals surface area contributed by atoms with Crippen molar-refractivity contribution in [3.05, 3.63) is 87.9 Å². The Bertz CT molecular complexity index is 1180. The second-order valence-corrected chi connectivity index (χ2v) is 7.69. The van der Waals surface area contributed by atoms with Crippen LogP contribution in [0.25, 0.3) is 0 Å². The van der Waals surface area contributed by atoms with Crippen molar-refractivity contribution >= 4 is 35.3 Å². The molecule has 0 spiro atoms. The number of hydrogen-bond acceptors (Lipinski definition) is 5. The van der Waals surface area contributed by atoms with Gasteiger partial charge in [-0.05, 0) is 85.1 Å². The summed E-state index contributed by atoms with van der Waals surface area (Å²) in [4.78, 5) is 24.3. The SMILES string of the molecule is COc1cc(/C=N/NC(=O)c2ccc(Cl)cc2)ccc1OCC(=O)Nc1ccc(C)c(C)c1. The molecule has 0 saturated carbocycles. The van der Waals surface area contributed by atoms with Gasteiger partial charge in [-0.25, -0.2) is 5.43 Å². The lowest BCUT2D eigenvalue weighted by molar-refractivity contribution is -0.118. The van der Waals surface area contributed by atoms with E-state index in [-0.39, 0.29) is 18.4 Å². The number of carbonyl (C=O) groups is 2. The molecule has 3 aromatic rings. The summed E-state index contributed by atoms with van der Waals surface area (Å²) in [5.41, 5.74) is 6.53. The molecule has 0 atom stereocenters. The molecule has 0 saturated heterocycles. The fourth-order valence-corrected chi connectivity index (χ4v) is 3.00. The third-order valence-corrected chi connectivity index (χ3v) is 5.08. The summed E-state index contributed by atoms with van der Waals surface area (Å²) in [6.07, 6.45) is 1.48. The molecule has 0 aromatic heterocycles. The number of halogens is 1. The first kappa shape index (κ1) is 23.8. The van der Waals surface area contributed by atoms with Crippen LogP contribution in [0, 0.1) is 13.8 Å². The predicted octanol–water partition coefficient (Wildman–Crippen LogP) is 4.75. The molecule has 8 heteroatoms. The van der Waals surface area contributed by atoms with Gasteiger partial charge in [0, 0.05) is 16.3 Å². The van der Waals surface area contributed by atoms with Gasteiger partial charge in [0.2, 0.25) is 0 Å². The van der Waals surface area contributed by atoms with Crippen LogP contribution in [0.2, 0.25) is 5.02 Å². The highest BCUT2D eigenvalue weighted by atomic mass is 35.5. The lowest BCUT2D eigenvalue weighted by atomic mass is 10.1. The molecular weight excluding hydrogens is 442 g/mol. The maximum absolute atomic E-state index is 12.2. The van der Waals surface area contributed by atoms with Gasteiger partial charge >= 0.3 is 0 Å². The summed E-state index contributed by atoms with van der Waals surface area (Å²) < 4.78 is 11.0. The van der Waals surface area contributed by atoms with Crippen molar-refractivity contribution < 1.29 is 19.1 Å². The Labute approximate surface area is 197 Å². The van der Waals surface area contributed by atoms with Crippen LogP contribution in [0.1, 0.15) is 27.0 Å². The fourth-order valence-electron chi connectivity index (χ4n) is 2.87. The molecule has 170 valence electrons. The number of nitrogens with one attached hydrogen (secondary N) is 2. The lowest BCUT2D eigenvalue weighted by Crippen LogP contribution is -2.20. The maximum Gasteiger partial charge on any atom is 0.271 e. The molecular formula is C25H24ClN3O4. The van der Waals surface area contributed by atoms with Crippen LogP contribution in [0.15, 0.2) is 65.8 Å². The zero-order valence-electron chi connectivity index (χ0n) is 18.5. The summed E-state index contributed by atoms with van der Waals surface area (Å²) in [6.45, 7) is 3.83. The van der Waals surface area contributed by atoms with E-state index in [1.165, 1.54) is 13.3 Å². The molecule has 7 nitrogen and oxygen atoms in total. The Hall–Kier alpha value is -3.84. The molecule has 0 fully saturated rings. The summed E-state index contributed by atoms with van der Waals surface area (Å²) in [5.74, 6) is 0.206. The Balaban J connectivity index is 1.56. The molecule has 3 aromatic carbocycles. The van der Waals surface area contributed by atoms with Gasteiger partial charge in [0.15, 0.2) is 18.1 Å². The van der Waals surface area contributed by atoms with Crippen LogP contribution < -0.4 is 20.2 Å². The Kier molecular flexibility index (Phi) is 8.05. The number of carbonyl (C=O) groups excluding carboxylic acids is 2. The summed E-state index contributed by atoms with van der Waals surface area (Å²) >= 11 is 5.82. The molecule has 0 aliphatic rings. The summed E-state index contributed by atoms with van der Waals surface area (Å²) in [7, 11) is 1.50. The van der Waals surface area contributed by atoms with E-state index in [1.807, 2.05) is 32.0 Å². The topological polar surface area (TPSA) is 89.0 Å². The van der Waals surface area contributed by atoms with Crippen molar-refractivity contribution in [3.8, 4) is 11.5 Å². The molecule has 0 bridgehead atoms. The van der Waals surface area contributed by atoms with E-state index in [4.69, 9.17) is 21.1 Å². The van der Waals surface area contributed by atoms with Crippen LogP contribution in [0.3, 0.4) is 0 Å². The van der Waals surface area contributed by atoms with Gasteiger partial charge in [-0.1, -0.05) is 17.7 Å². The quantitative estimate of drug-likeness (QED) is 0.371. The van der Waals surface area contributed by atoms with Crippen LogP contribution in [0.5, 0.6) is 11.5 Å². The van der Waals surface area contributed by atoms with E-state index in [0.29, 0.717) is 33.3 Å². The first-order valence-electron chi connectivity index (χ1n) is 10.1. The van der Waals surface area contributed by atoms with Crippen molar-refractivity contribution in [3.63, 3.8) is 0 Å². The minimum atomic E-state index is -0.357. The van der Waals surface area contributed by atoms with Crippen molar-refractivity contribution in [1.82, 2.24) is 5.43 Å². The molecule has 33 heavy (non-hydrogen) atoms. The molecule has 0 heterocycles. The Morgan fingerprint density at radius 1 is 0.970 bits per heavy atom. The number of ether oxygens (including phenoxy) is 2. The first-order chi connectivity index (χ1) is 15.9. The largest absolute Gasteiger partial charge is 0.493 e. The number of aryl methyl sites for hydroxylation is 2. The number of benzene rings is 3. The predicted molar refractivity (Wildman–Crippen MR) is 130 cm³/mol. The highest BCUT2D eigenvalue weighted by Crippen LogP contribution is 2.27. The van der Waals surface area contributed by atoms with Gasteiger partial charge in [0.25, 0.3) is 11.8 Å². The maximum atomic E-state index is 12.2. The molecule has 2 N–H and O–H groups in total. The summed E-state index contributed by atoms with van der Waals surface area (Å²) in [6, 6.07) is 17.3. The average Bonchev–Trinajstić information content (AvgIpc) is 2.80.